The van der Waals surface area contributed by atoms with Crippen LogP contribution in [0.5, 0.6) is 0 Å². The molecule has 138 valence electrons. The van der Waals surface area contributed by atoms with Crippen molar-refractivity contribution in [1.82, 2.24) is 19.7 Å². The van der Waals surface area contributed by atoms with Gasteiger partial charge in [-0.2, -0.15) is 0 Å². The first-order valence-corrected chi connectivity index (χ1v) is 8.89. The molecule has 0 fully saturated rings. The van der Waals surface area contributed by atoms with Gasteiger partial charge in [-0.3, -0.25) is 4.98 Å². The fourth-order valence-electron chi connectivity index (χ4n) is 2.79. The Morgan fingerprint density at radius 1 is 1.22 bits per heavy atom. The Balaban J connectivity index is 1.76. The highest BCUT2D eigenvalue weighted by Gasteiger charge is 2.21. The lowest BCUT2D eigenvalue weighted by atomic mass is 10.2. The van der Waals surface area contributed by atoms with Gasteiger partial charge in [-0.15, -0.1) is 10.2 Å². The van der Waals surface area contributed by atoms with E-state index in [1.54, 1.807) is 30.6 Å². The van der Waals surface area contributed by atoms with Crippen LogP contribution in [0.15, 0.2) is 45.5 Å². The van der Waals surface area contributed by atoms with Gasteiger partial charge >= 0.3 is 0 Å². The van der Waals surface area contributed by atoms with Crippen LogP contribution in [-0.4, -0.2) is 19.7 Å². The third-order valence-electron chi connectivity index (χ3n) is 4.02. The third kappa shape index (κ3) is 3.28. The molecule has 0 atom stereocenters. The monoisotopic (exact) mass is 453 g/mol. The average Bonchev–Trinajstić information content (AvgIpc) is 3.24. The summed E-state index contributed by atoms with van der Waals surface area (Å²) in [5, 5.41) is 8.61. The Hall–Kier alpha value is -2.52. The molecular weight excluding hydrogens is 444 g/mol. The SMILES string of the molecule is Nc1ccc2c(cc(C(F)F)n2Cc2nnc(-c3cncc(Br)c3)o2)c1Cl. The number of hydrogen-bond acceptors (Lipinski definition) is 5. The molecular formula is C17H11BrClF2N5O. The second-order valence-corrected chi connectivity index (χ2v) is 7.04. The fourth-order valence-corrected chi connectivity index (χ4v) is 3.37. The summed E-state index contributed by atoms with van der Waals surface area (Å²) >= 11 is 9.49. The number of anilines is 1. The van der Waals surface area contributed by atoms with Gasteiger partial charge < -0.3 is 14.7 Å². The van der Waals surface area contributed by atoms with Gasteiger partial charge in [0.05, 0.1) is 27.5 Å². The maximum atomic E-state index is 13.5. The first-order chi connectivity index (χ1) is 12.9. The first-order valence-electron chi connectivity index (χ1n) is 7.72. The van der Waals surface area contributed by atoms with Crippen LogP contribution in [-0.2, 0) is 6.54 Å². The number of nitrogens with two attached hydrogens (primary N) is 1. The van der Waals surface area contributed by atoms with Crippen LogP contribution in [0.1, 0.15) is 18.0 Å². The topological polar surface area (TPSA) is 82.8 Å². The Bertz CT molecular complexity index is 1140. The molecule has 0 spiro atoms. The Morgan fingerprint density at radius 2 is 2.04 bits per heavy atom. The van der Waals surface area contributed by atoms with E-state index in [4.69, 9.17) is 21.8 Å². The number of nitrogens with zero attached hydrogens (tertiary/aromatic N) is 4. The predicted molar refractivity (Wildman–Crippen MR) is 101 cm³/mol. The molecule has 0 amide bonds. The first kappa shape index (κ1) is 17.9. The van der Waals surface area contributed by atoms with Gasteiger partial charge in [-0.05, 0) is 40.2 Å². The Morgan fingerprint density at radius 3 is 2.78 bits per heavy atom. The predicted octanol–water partition coefficient (Wildman–Crippen LogP) is 5.07. The molecule has 3 aromatic heterocycles. The van der Waals surface area contributed by atoms with E-state index in [1.807, 2.05) is 0 Å². The highest BCUT2D eigenvalue weighted by atomic mass is 79.9. The van der Waals surface area contributed by atoms with Gasteiger partial charge in [0.1, 0.15) is 6.54 Å². The van der Waals surface area contributed by atoms with Crippen molar-refractivity contribution in [2.24, 2.45) is 0 Å². The van der Waals surface area contributed by atoms with Crippen LogP contribution < -0.4 is 5.73 Å². The molecule has 4 aromatic rings. The number of alkyl halides is 2. The maximum absolute atomic E-state index is 13.5. The fraction of sp³-hybridized carbons (Fsp3) is 0.118. The van der Waals surface area contributed by atoms with Crippen molar-refractivity contribution < 1.29 is 13.2 Å². The highest BCUT2D eigenvalue weighted by molar-refractivity contribution is 9.10. The summed E-state index contributed by atoms with van der Waals surface area (Å²) in [6, 6.07) is 6.30. The molecule has 0 aliphatic carbocycles. The Kier molecular flexibility index (Phi) is 4.56. The largest absolute Gasteiger partial charge is 0.419 e. The van der Waals surface area contributed by atoms with Crippen LogP contribution >= 0.6 is 27.5 Å². The molecule has 4 rings (SSSR count). The number of rotatable bonds is 4. The number of aromatic nitrogens is 4. The highest BCUT2D eigenvalue weighted by Crippen LogP contribution is 2.35. The van der Waals surface area contributed by atoms with E-state index in [0.29, 0.717) is 22.2 Å². The zero-order valence-corrected chi connectivity index (χ0v) is 15.9. The van der Waals surface area contributed by atoms with E-state index in [-0.39, 0.29) is 29.0 Å². The molecule has 0 unspecified atom stereocenters. The van der Waals surface area contributed by atoms with Crippen molar-refractivity contribution in [3.05, 3.63) is 57.7 Å². The van der Waals surface area contributed by atoms with E-state index in [2.05, 4.69) is 31.1 Å². The van der Waals surface area contributed by atoms with E-state index < -0.39 is 6.43 Å². The van der Waals surface area contributed by atoms with Crippen LogP contribution in [0.4, 0.5) is 14.5 Å². The number of pyridine rings is 1. The van der Waals surface area contributed by atoms with E-state index in [9.17, 15) is 8.78 Å². The summed E-state index contributed by atoms with van der Waals surface area (Å²) in [4.78, 5) is 4.04. The van der Waals surface area contributed by atoms with Crippen LogP contribution in [0, 0.1) is 0 Å². The summed E-state index contributed by atoms with van der Waals surface area (Å²) in [6.07, 6.45) is 0.489. The number of nitrogen functional groups attached to an aromatic ring is 1. The summed E-state index contributed by atoms with van der Waals surface area (Å²) in [7, 11) is 0. The molecule has 0 bridgehead atoms. The number of halogens is 4. The molecule has 3 heterocycles. The number of hydrogen-bond donors (Lipinski definition) is 1. The lowest BCUT2D eigenvalue weighted by Crippen LogP contribution is -2.05. The minimum Gasteiger partial charge on any atom is -0.419 e. The normalized spacial score (nSPS) is 11.6. The molecule has 0 saturated carbocycles. The standard InChI is InChI=1S/C17H11BrClF2N5O/c18-9-3-8(5-23-6-9)17-25-24-14(27-17)7-26-12-2-1-11(22)15(19)10(12)4-13(26)16(20)21/h1-6,16H,7,22H2. The van der Waals surface area contributed by atoms with Crippen molar-refractivity contribution in [2.45, 2.75) is 13.0 Å². The maximum Gasteiger partial charge on any atom is 0.278 e. The molecule has 0 aliphatic heterocycles. The van der Waals surface area contributed by atoms with Gasteiger partial charge in [0.25, 0.3) is 6.43 Å². The lowest BCUT2D eigenvalue weighted by molar-refractivity contribution is 0.141. The van der Waals surface area contributed by atoms with E-state index in [0.717, 1.165) is 4.47 Å². The molecule has 10 heteroatoms. The lowest BCUT2D eigenvalue weighted by Gasteiger charge is -2.08. The van der Waals surface area contributed by atoms with Crippen molar-refractivity contribution >= 4 is 44.1 Å². The number of benzene rings is 1. The molecule has 0 aliphatic rings. The molecule has 6 nitrogen and oxygen atoms in total. The van der Waals surface area contributed by atoms with Crippen LogP contribution in [0.25, 0.3) is 22.4 Å². The van der Waals surface area contributed by atoms with E-state index >= 15 is 0 Å². The quantitative estimate of drug-likeness (QED) is 0.435. The average molecular weight is 455 g/mol. The second kappa shape index (κ2) is 6.90. The van der Waals surface area contributed by atoms with Crippen molar-refractivity contribution in [3.63, 3.8) is 0 Å². The van der Waals surface area contributed by atoms with Gasteiger partial charge in [0, 0.05) is 22.3 Å². The van der Waals surface area contributed by atoms with E-state index in [1.165, 1.54) is 10.6 Å². The number of fused-ring (bicyclic) bond motifs is 1. The molecule has 27 heavy (non-hydrogen) atoms. The molecule has 0 radical (unpaired) electrons. The summed E-state index contributed by atoms with van der Waals surface area (Å²) in [5.74, 6) is 0.424. The zero-order valence-electron chi connectivity index (χ0n) is 13.5. The van der Waals surface area contributed by atoms with Gasteiger partial charge in [-0.25, -0.2) is 8.78 Å². The van der Waals surface area contributed by atoms with Gasteiger partial charge in [-0.1, -0.05) is 11.6 Å². The molecule has 0 saturated heterocycles. The van der Waals surface area contributed by atoms with Crippen LogP contribution in [0.3, 0.4) is 0 Å². The summed E-state index contributed by atoms with van der Waals surface area (Å²) in [5.41, 5.74) is 7.01. The smallest absolute Gasteiger partial charge is 0.278 e. The minimum atomic E-state index is -2.70. The third-order valence-corrected chi connectivity index (χ3v) is 4.87. The van der Waals surface area contributed by atoms with Crippen LogP contribution in [0.2, 0.25) is 5.02 Å². The minimum absolute atomic E-state index is 0.0299. The van der Waals surface area contributed by atoms with Gasteiger partial charge in [0.2, 0.25) is 11.8 Å². The van der Waals surface area contributed by atoms with Crippen molar-refractivity contribution in [3.8, 4) is 11.5 Å². The Labute approximate surface area is 165 Å². The van der Waals surface area contributed by atoms with Gasteiger partial charge in [0.15, 0.2) is 0 Å². The second-order valence-electron chi connectivity index (χ2n) is 5.75. The molecule has 2 N–H and O–H groups in total. The van der Waals surface area contributed by atoms with Crippen molar-refractivity contribution in [1.29, 1.82) is 0 Å². The summed E-state index contributed by atoms with van der Waals surface area (Å²) in [6.45, 7) is -0.0299. The molecule has 1 aromatic carbocycles. The zero-order chi connectivity index (χ0) is 19.1. The van der Waals surface area contributed by atoms with Crippen molar-refractivity contribution in [2.75, 3.05) is 5.73 Å². The summed E-state index contributed by atoms with van der Waals surface area (Å²) < 4.78 is 34.9.